The quantitative estimate of drug-likeness (QED) is 0.705. The first-order chi connectivity index (χ1) is 14.9. The molecule has 31 heavy (non-hydrogen) atoms. The number of aromatic hydroxyl groups is 1. The molecule has 1 fully saturated rings. The van der Waals surface area contributed by atoms with Crippen molar-refractivity contribution in [1.29, 1.82) is 0 Å². The number of hydrogen-bond acceptors (Lipinski definition) is 3. The van der Waals surface area contributed by atoms with Crippen LogP contribution in [-0.4, -0.2) is 41.1 Å². The van der Waals surface area contributed by atoms with Gasteiger partial charge in [-0.2, -0.15) is 0 Å². The molecule has 1 unspecified atom stereocenters. The number of carbonyl (C=O) groups excluding carboxylic acids is 2. The first-order valence-corrected chi connectivity index (χ1v) is 11.1. The third-order valence-electron chi connectivity index (χ3n) is 6.59. The summed E-state index contributed by atoms with van der Waals surface area (Å²) in [7, 11) is 0. The van der Waals surface area contributed by atoms with Crippen molar-refractivity contribution in [2.24, 2.45) is 0 Å². The third kappa shape index (κ3) is 4.53. The van der Waals surface area contributed by atoms with Crippen LogP contribution in [0, 0.1) is 0 Å². The van der Waals surface area contributed by atoms with Gasteiger partial charge in [0.05, 0.1) is 12.5 Å². The molecule has 6 nitrogen and oxygen atoms in total. The molecule has 1 saturated heterocycles. The fourth-order valence-corrected chi connectivity index (χ4v) is 5.04. The first-order valence-electron chi connectivity index (χ1n) is 11.1. The normalized spacial score (nSPS) is 19.3. The number of nitrogens with one attached hydrogen (secondary N) is 2. The maximum atomic E-state index is 12.8. The molecule has 2 aliphatic rings. The summed E-state index contributed by atoms with van der Waals surface area (Å²) in [6.07, 6.45) is 3.02. The van der Waals surface area contributed by atoms with E-state index in [2.05, 4.69) is 28.8 Å². The lowest BCUT2D eigenvalue weighted by atomic mass is 9.73. The van der Waals surface area contributed by atoms with E-state index in [1.807, 2.05) is 24.8 Å². The van der Waals surface area contributed by atoms with Gasteiger partial charge in [0.15, 0.2) is 0 Å². The lowest BCUT2D eigenvalue weighted by Crippen LogP contribution is -2.45. The Morgan fingerprint density at radius 2 is 1.77 bits per heavy atom. The van der Waals surface area contributed by atoms with Gasteiger partial charge < -0.3 is 20.6 Å². The van der Waals surface area contributed by atoms with E-state index in [4.69, 9.17) is 0 Å². The number of amides is 3. The summed E-state index contributed by atoms with van der Waals surface area (Å²) in [5.74, 6) is 0.332. The number of phenolic OH excluding ortho intramolecular Hbond substituents is 1. The highest BCUT2D eigenvalue weighted by atomic mass is 16.3. The van der Waals surface area contributed by atoms with Gasteiger partial charge in [-0.15, -0.1) is 0 Å². The molecule has 0 bridgehead atoms. The van der Waals surface area contributed by atoms with Crippen molar-refractivity contribution in [2.45, 2.75) is 57.0 Å². The average Bonchev–Trinajstić information content (AvgIpc) is 3.03. The number of carbonyl (C=O) groups is 2. The number of fused-ring (bicyclic) bond motifs is 2. The topological polar surface area (TPSA) is 81.7 Å². The number of piperidine rings is 1. The molecular formula is C25H31N3O3. The molecule has 1 heterocycles. The lowest BCUT2D eigenvalue weighted by Gasteiger charge is -2.40. The molecule has 0 aromatic heterocycles. The molecule has 1 spiro atoms. The second kappa shape index (κ2) is 8.61. The Bertz CT molecular complexity index is 947. The molecule has 0 saturated carbocycles. The standard InChI is InChI=1S/C25H31N3O3/c1-17(2)26-24(31)27-22-16-25(21-6-4-3-5-20(21)22)11-13-28(14-12-25)23(30)15-18-7-9-19(29)10-8-18/h3-10,17,22,29H,11-16H2,1-2H3,(H2,26,27,31). The largest absolute Gasteiger partial charge is 0.508 e. The number of nitrogens with zero attached hydrogens (tertiary/aromatic N) is 1. The first kappa shape index (κ1) is 21.2. The Balaban J connectivity index is 1.43. The Morgan fingerprint density at radius 1 is 1.10 bits per heavy atom. The third-order valence-corrected chi connectivity index (χ3v) is 6.59. The zero-order valence-corrected chi connectivity index (χ0v) is 18.2. The van der Waals surface area contributed by atoms with E-state index in [0.29, 0.717) is 6.42 Å². The van der Waals surface area contributed by atoms with Gasteiger partial charge in [0.2, 0.25) is 5.91 Å². The summed E-state index contributed by atoms with van der Waals surface area (Å²) in [6.45, 7) is 5.34. The second-order valence-electron chi connectivity index (χ2n) is 9.12. The molecule has 4 rings (SSSR count). The number of phenols is 1. The van der Waals surface area contributed by atoms with Gasteiger partial charge in [0, 0.05) is 24.5 Å². The summed E-state index contributed by atoms with van der Waals surface area (Å²) >= 11 is 0. The summed E-state index contributed by atoms with van der Waals surface area (Å²) in [6, 6.07) is 15.2. The smallest absolute Gasteiger partial charge is 0.315 e. The van der Waals surface area contributed by atoms with E-state index in [9.17, 15) is 14.7 Å². The minimum absolute atomic E-state index is 0.00167. The SMILES string of the molecule is CC(C)NC(=O)NC1CC2(CCN(C(=O)Cc3ccc(O)cc3)CC2)c2ccccc21. The Hall–Kier alpha value is -3.02. The molecule has 6 heteroatoms. The van der Waals surface area contributed by atoms with Gasteiger partial charge in [-0.3, -0.25) is 4.79 Å². The van der Waals surface area contributed by atoms with Gasteiger partial charge in [-0.05, 0) is 61.9 Å². The molecule has 3 N–H and O–H groups in total. The number of likely N-dealkylation sites (tertiary alicyclic amines) is 1. The predicted octanol–water partition coefficient (Wildman–Crippen LogP) is 3.65. The fourth-order valence-electron chi connectivity index (χ4n) is 5.04. The maximum absolute atomic E-state index is 12.8. The van der Waals surface area contributed by atoms with Crippen LogP contribution in [0.25, 0.3) is 0 Å². The highest BCUT2D eigenvalue weighted by Gasteiger charge is 2.46. The zero-order chi connectivity index (χ0) is 22.0. The lowest BCUT2D eigenvalue weighted by molar-refractivity contribution is -0.132. The van der Waals surface area contributed by atoms with Crippen LogP contribution in [0.1, 0.15) is 55.8 Å². The van der Waals surface area contributed by atoms with E-state index < -0.39 is 0 Å². The van der Waals surface area contributed by atoms with Gasteiger partial charge >= 0.3 is 6.03 Å². The van der Waals surface area contributed by atoms with E-state index >= 15 is 0 Å². The van der Waals surface area contributed by atoms with Crippen molar-refractivity contribution in [3.63, 3.8) is 0 Å². The van der Waals surface area contributed by atoms with Crippen molar-refractivity contribution in [3.05, 3.63) is 65.2 Å². The van der Waals surface area contributed by atoms with Gasteiger partial charge in [0.25, 0.3) is 0 Å². The van der Waals surface area contributed by atoms with E-state index in [1.165, 1.54) is 11.1 Å². The van der Waals surface area contributed by atoms with Crippen molar-refractivity contribution < 1.29 is 14.7 Å². The van der Waals surface area contributed by atoms with E-state index in [1.54, 1.807) is 24.3 Å². The summed E-state index contributed by atoms with van der Waals surface area (Å²) in [5.41, 5.74) is 3.43. The number of rotatable bonds is 4. The van der Waals surface area contributed by atoms with Crippen LogP contribution in [0.3, 0.4) is 0 Å². The van der Waals surface area contributed by atoms with Gasteiger partial charge in [-0.25, -0.2) is 4.79 Å². The minimum Gasteiger partial charge on any atom is -0.508 e. The van der Waals surface area contributed by atoms with Crippen LogP contribution in [0.2, 0.25) is 0 Å². The number of urea groups is 1. The van der Waals surface area contributed by atoms with Crippen LogP contribution >= 0.6 is 0 Å². The Morgan fingerprint density at radius 3 is 2.45 bits per heavy atom. The van der Waals surface area contributed by atoms with Crippen LogP contribution in [0.15, 0.2) is 48.5 Å². The molecular weight excluding hydrogens is 390 g/mol. The second-order valence-corrected chi connectivity index (χ2v) is 9.12. The fraction of sp³-hybridized carbons (Fsp3) is 0.440. The zero-order valence-electron chi connectivity index (χ0n) is 18.2. The highest BCUT2D eigenvalue weighted by molar-refractivity contribution is 5.79. The van der Waals surface area contributed by atoms with Crippen molar-refractivity contribution in [3.8, 4) is 5.75 Å². The van der Waals surface area contributed by atoms with Gasteiger partial charge in [0.1, 0.15) is 5.75 Å². The van der Waals surface area contributed by atoms with Crippen LogP contribution < -0.4 is 10.6 Å². The summed E-state index contributed by atoms with van der Waals surface area (Å²) in [5, 5.41) is 15.5. The average molecular weight is 422 g/mol. The minimum atomic E-state index is -0.131. The van der Waals surface area contributed by atoms with Crippen molar-refractivity contribution in [1.82, 2.24) is 15.5 Å². The summed E-state index contributed by atoms with van der Waals surface area (Å²) < 4.78 is 0. The Kier molecular flexibility index (Phi) is 5.90. The molecule has 164 valence electrons. The van der Waals surface area contributed by atoms with Crippen molar-refractivity contribution in [2.75, 3.05) is 13.1 Å². The molecule has 2 aromatic carbocycles. The van der Waals surface area contributed by atoms with E-state index in [0.717, 1.165) is 37.9 Å². The predicted molar refractivity (Wildman–Crippen MR) is 120 cm³/mol. The molecule has 0 radical (unpaired) electrons. The van der Waals surface area contributed by atoms with Crippen LogP contribution in [-0.2, 0) is 16.6 Å². The molecule has 1 aliphatic carbocycles. The number of hydrogen-bond donors (Lipinski definition) is 3. The molecule has 1 aliphatic heterocycles. The Labute approximate surface area is 183 Å². The van der Waals surface area contributed by atoms with Crippen LogP contribution in [0.4, 0.5) is 4.79 Å². The number of benzene rings is 2. The van der Waals surface area contributed by atoms with Gasteiger partial charge in [-0.1, -0.05) is 36.4 Å². The summed E-state index contributed by atoms with van der Waals surface area (Å²) in [4.78, 5) is 27.1. The highest BCUT2D eigenvalue weighted by Crippen LogP contribution is 2.50. The monoisotopic (exact) mass is 421 g/mol. The van der Waals surface area contributed by atoms with E-state index in [-0.39, 0.29) is 35.2 Å². The van der Waals surface area contributed by atoms with Crippen molar-refractivity contribution >= 4 is 11.9 Å². The molecule has 1 atom stereocenters. The maximum Gasteiger partial charge on any atom is 0.315 e. The molecule has 2 aromatic rings. The molecule has 3 amide bonds. The van der Waals surface area contributed by atoms with Crippen LogP contribution in [0.5, 0.6) is 5.75 Å².